The summed E-state index contributed by atoms with van der Waals surface area (Å²) in [7, 11) is 1.61. The van der Waals surface area contributed by atoms with Crippen molar-refractivity contribution in [2.24, 2.45) is 7.05 Å². The number of carbonyl (C=O) groups is 1. The molecule has 6 heteroatoms. The Morgan fingerprint density at radius 2 is 2.33 bits per heavy atom. The van der Waals surface area contributed by atoms with Gasteiger partial charge in [-0.25, -0.2) is 9.78 Å². The Balaban J connectivity index is 2.07. The summed E-state index contributed by atoms with van der Waals surface area (Å²) in [4.78, 5) is 27.4. The first-order chi connectivity index (χ1) is 8.66. The Bertz CT molecular complexity index is 671. The minimum Gasteiger partial charge on any atom is -0.406 e. The van der Waals surface area contributed by atoms with Crippen LogP contribution in [0.15, 0.2) is 21.5 Å². The maximum Gasteiger partial charge on any atom is 0.420 e. The highest BCUT2D eigenvalue weighted by atomic mass is 16.4. The third kappa shape index (κ3) is 1.65. The third-order valence-electron chi connectivity index (χ3n) is 3.33. The van der Waals surface area contributed by atoms with Crippen LogP contribution in [-0.2, 0) is 11.8 Å². The van der Waals surface area contributed by atoms with E-state index in [1.807, 2.05) is 0 Å². The molecule has 1 atom stereocenters. The molecule has 2 aromatic rings. The summed E-state index contributed by atoms with van der Waals surface area (Å²) in [5.41, 5.74) is 1.73. The molecule has 6 nitrogen and oxygen atoms in total. The Labute approximate surface area is 103 Å². The van der Waals surface area contributed by atoms with E-state index in [2.05, 4.69) is 10.3 Å². The molecule has 0 saturated carbocycles. The van der Waals surface area contributed by atoms with Crippen LogP contribution in [-0.4, -0.2) is 28.4 Å². The summed E-state index contributed by atoms with van der Waals surface area (Å²) >= 11 is 0. The second-order valence-corrected chi connectivity index (χ2v) is 4.49. The van der Waals surface area contributed by atoms with Gasteiger partial charge >= 0.3 is 5.76 Å². The number of carbonyl (C=O) groups excluding carboxylic acids is 1. The fourth-order valence-electron chi connectivity index (χ4n) is 2.27. The zero-order chi connectivity index (χ0) is 12.7. The largest absolute Gasteiger partial charge is 0.420 e. The van der Waals surface area contributed by atoms with Crippen LogP contribution in [0.25, 0.3) is 11.2 Å². The van der Waals surface area contributed by atoms with E-state index in [9.17, 15) is 9.59 Å². The molecule has 1 aliphatic rings. The molecule has 0 aromatic carbocycles. The average molecular weight is 247 g/mol. The summed E-state index contributed by atoms with van der Waals surface area (Å²) in [5.74, 6) is -0.433. The highest BCUT2D eigenvalue weighted by molar-refractivity contribution is 5.87. The lowest BCUT2D eigenvalue weighted by Crippen LogP contribution is -2.35. The van der Waals surface area contributed by atoms with Gasteiger partial charge < -0.3 is 9.73 Å². The first kappa shape index (κ1) is 11.2. The lowest BCUT2D eigenvalue weighted by atomic mass is 9.91. The molecule has 1 N–H and O–H groups in total. The van der Waals surface area contributed by atoms with Crippen LogP contribution < -0.4 is 11.1 Å². The van der Waals surface area contributed by atoms with E-state index in [0.29, 0.717) is 24.2 Å². The topological polar surface area (TPSA) is 77.1 Å². The summed E-state index contributed by atoms with van der Waals surface area (Å²) in [6.07, 6.45) is 2.17. The first-order valence-electron chi connectivity index (χ1n) is 5.86. The quantitative estimate of drug-likeness (QED) is 0.777. The Morgan fingerprint density at radius 1 is 1.50 bits per heavy atom. The van der Waals surface area contributed by atoms with Crippen LogP contribution in [0.4, 0.5) is 0 Å². The molecular weight excluding hydrogens is 234 g/mol. The number of hydrogen-bond donors (Lipinski definition) is 1. The number of nitrogens with one attached hydrogen (secondary N) is 1. The van der Waals surface area contributed by atoms with Crippen LogP contribution in [0, 0.1) is 0 Å². The molecule has 0 amide bonds. The predicted molar refractivity (Wildman–Crippen MR) is 64.5 cm³/mol. The molecule has 1 saturated heterocycles. The molecule has 94 valence electrons. The minimum absolute atomic E-state index is 0.193. The smallest absolute Gasteiger partial charge is 0.406 e. The predicted octanol–water partition coefficient (Wildman–Crippen LogP) is 0.172. The summed E-state index contributed by atoms with van der Waals surface area (Å²) in [5, 5.41) is 3.18. The van der Waals surface area contributed by atoms with Crippen LogP contribution in [0.2, 0.25) is 0 Å². The Hall–Kier alpha value is -1.95. The second kappa shape index (κ2) is 4.06. The van der Waals surface area contributed by atoms with Gasteiger partial charge in [0.2, 0.25) is 0 Å². The maximum absolute atomic E-state index is 11.8. The number of Topliss-reactive ketones (excluding diaryl/α,β-unsaturated/α-hetero) is 1. The molecule has 2 aromatic heterocycles. The molecule has 0 bridgehead atoms. The molecular formula is C12H13N3O3. The number of aryl methyl sites for hydroxylation is 1. The number of piperidine rings is 1. The molecule has 0 spiro atoms. The normalized spacial score (nSPS) is 20.5. The van der Waals surface area contributed by atoms with Crippen molar-refractivity contribution in [3.8, 4) is 0 Å². The fraction of sp³-hybridized carbons (Fsp3) is 0.417. The van der Waals surface area contributed by atoms with Gasteiger partial charge in [-0.05, 0) is 11.6 Å². The van der Waals surface area contributed by atoms with Gasteiger partial charge in [-0.3, -0.25) is 9.36 Å². The maximum atomic E-state index is 11.8. The Kier molecular flexibility index (Phi) is 2.52. The highest BCUT2D eigenvalue weighted by Crippen LogP contribution is 2.22. The number of aromatic nitrogens is 2. The van der Waals surface area contributed by atoms with E-state index < -0.39 is 5.76 Å². The van der Waals surface area contributed by atoms with E-state index in [1.165, 1.54) is 4.57 Å². The fourth-order valence-corrected chi connectivity index (χ4v) is 2.27. The molecule has 3 rings (SSSR count). The van der Waals surface area contributed by atoms with Gasteiger partial charge in [0.15, 0.2) is 11.2 Å². The van der Waals surface area contributed by atoms with Gasteiger partial charge in [-0.1, -0.05) is 0 Å². The summed E-state index contributed by atoms with van der Waals surface area (Å²) < 4.78 is 6.43. The van der Waals surface area contributed by atoms with E-state index in [4.69, 9.17) is 4.42 Å². The van der Waals surface area contributed by atoms with Crippen molar-refractivity contribution < 1.29 is 9.21 Å². The molecule has 0 aliphatic carbocycles. The summed E-state index contributed by atoms with van der Waals surface area (Å²) in [6, 6.07) is 1.74. The summed E-state index contributed by atoms with van der Waals surface area (Å²) in [6.45, 7) is 1.34. The lowest BCUT2D eigenvalue weighted by molar-refractivity contribution is -0.121. The number of pyridine rings is 1. The SMILES string of the molecule is Cn1c(=O)oc2cc(C3CNCCC3=O)cnc21. The number of ketones is 1. The van der Waals surface area contributed by atoms with Gasteiger partial charge in [0.05, 0.1) is 5.92 Å². The van der Waals surface area contributed by atoms with Crippen LogP contribution in [0.1, 0.15) is 17.9 Å². The molecule has 3 heterocycles. The van der Waals surface area contributed by atoms with Gasteiger partial charge in [-0.15, -0.1) is 0 Å². The number of oxazole rings is 1. The van der Waals surface area contributed by atoms with E-state index in [-0.39, 0.29) is 11.7 Å². The molecule has 1 fully saturated rings. The van der Waals surface area contributed by atoms with Crippen molar-refractivity contribution in [1.29, 1.82) is 0 Å². The third-order valence-corrected chi connectivity index (χ3v) is 3.33. The van der Waals surface area contributed by atoms with Gasteiger partial charge in [0.25, 0.3) is 0 Å². The molecule has 1 unspecified atom stereocenters. The molecule has 18 heavy (non-hydrogen) atoms. The van der Waals surface area contributed by atoms with E-state index in [1.54, 1.807) is 19.3 Å². The highest BCUT2D eigenvalue weighted by Gasteiger charge is 2.24. The zero-order valence-electron chi connectivity index (χ0n) is 9.97. The van der Waals surface area contributed by atoms with Gasteiger partial charge in [0.1, 0.15) is 5.78 Å². The number of fused-ring (bicyclic) bond motifs is 1. The van der Waals surface area contributed by atoms with Crippen molar-refractivity contribution in [3.05, 3.63) is 28.4 Å². The average Bonchev–Trinajstić information content (AvgIpc) is 2.65. The minimum atomic E-state index is -0.442. The van der Waals surface area contributed by atoms with Gasteiger partial charge in [0, 0.05) is 32.8 Å². The van der Waals surface area contributed by atoms with Crippen molar-refractivity contribution >= 4 is 17.0 Å². The van der Waals surface area contributed by atoms with Crippen molar-refractivity contribution in [3.63, 3.8) is 0 Å². The molecule has 1 aliphatic heterocycles. The van der Waals surface area contributed by atoms with Crippen LogP contribution in [0.3, 0.4) is 0 Å². The number of nitrogens with zero attached hydrogens (tertiary/aromatic N) is 2. The van der Waals surface area contributed by atoms with Crippen molar-refractivity contribution in [1.82, 2.24) is 14.9 Å². The van der Waals surface area contributed by atoms with Gasteiger partial charge in [-0.2, -0.15) is 0 Å². The lowest BCUT2D eigenvalue weighted by Gasteiger charge is -2.21. The number of hydrogen-bond acceptors (Lipinski definition) is 5. The van der Waals surface area contributed by atoms with Crippen LogP contribution >= 0.6 is 0 Å². The van der Waals surface area contributed by atoms with Crippen molar-refractivity contribution in [2.75, 3.05) is 13.1 Å². The standard InChI is InChI=1S/C12H13N3O3/c1-15-11-10(18-12(15)17)4-7(5-14-11)8-6-13-3-2-9(8)16/h4-5,8,13H,2-3,6H2,1H3. The second-order valence-electron chi connectivity index (χ2n) is 4.49. The van der Waals surface area contributed by atoms with Crippen molar-refractivity contribution in [2.45, 2.75) is 12.3 Å². The number of rotatable bonds is 1. The van der Waals surface area contributed by atoms with Crippen LogP contribution in [0.5, 0.6) is 0 Å². The first-order valence-corrected chi connectivity index (χ1v) is 5.86. The monoisotopic (exact) mass is 247 g/mol. The van der Waals surface area contributed by atoms with E-state index >= 15 is 0 Å². The van der Waals surface area contributed by atoms with E-state index in [0.717, 1.165) is 12.1 Å². The zero-order valence-corrected chi connectivity index (χ0v) is 9.97. The Morgan fingerprint density at radius 3 is 3.11 bits per heavy atom. The molecule has 0 radical (unpaired) electrons.